The summed E-state index contributed by atoms with van der Waals surface area (Å²) in [6, 6.07) is 17.8. The molecular weight excluding hydrogens is 324 g/mol. The lowest BCUT2D eigenvalue weighted by molar-refractivity contribution is 0.145. The van der Waals surface area contributed by atoms with E-state index in [-0.39, 0.29) is 0 Å². The number of imidazole rings is 1. The van der Waals surface area contributed by atoms with E-state index in [1.54, 1.807) is 10.8 Å². The zero-order valence-electron chi connectivity index (χ0n) is 14.6. The number of benzene rings is 2. The van der Waals surface area contributed by atoms with E-state index in [0.717, 1.165) is 27.9 Å². The SMILES string of the molecule is CC1=C(C#N)c2nc3ccccc3n2C(O)C1=CNc1cccc(C)c1. The van der Waals surface area contributed by atoms with Gasteiger partial charge in [0.15, 0.2) is 12.1 Å². The first-order chi connectivity index (χ1) is 12.6. The molecule has 0 amide bonds. The molecule has 1 atom stereocenters. The number of aryl methyl sites for hydroxylation is 1. The number of aliphatic hydroxyl groups excluding tert-OH is 1. The average molecular weight is 342 g/mol. The van der Waals surface area contributed by atoms with Crippen molar-refractivity contribution in [3.05, 3.63) is 77.3 Å². The molecule has 1 aromatic heterocycles. The number of nitriles is 1. The van der Waals surface area contributed by atoms with Gasteiger partial charge in [-0.05, 0) is 49.2 Å². The summed E-state index contributed by atoms with van der Waals surface area (Å²) in [5.41, 5.74) is 5.49. The fourth-order valence-corrected chi connectivity index (χ4v) is 3.33. The molecule has 128 valence electrons. The molecule has 0 radical (unpaired) electrons. The molecule has 5 nitrogen and oxygen atoms in total. The number of rotatable bonds is 2. The average Bonchev–Trinajstić information content (AvgIpc) is 3.01. The molecule has 2 aromatic carbocycles. The summed E-state index contributed by atoms with van der Waals surface area (Å²) in [5.74, 6) is 0.506. The summed E-state index contributed by atoms with van der Waals surface area (Å²) in [4.78, 5) is 4.55. The summed E-state index contributed by atoms with van der Waals surface area (Å²) >= 11 is 0. The fraction of sp³-hybridized carbons (Fsp3) is 0.143. The second kappa shape index (κ2) is 6.17. The first kappa shape index (κ1) is 16.1. The maximum atomic E-state index is 11.0. The lowest BCUT2D eigenvalue weighted by Gasteiger charge is -2.25. The van der Waals surface area contributed by atoms with Crippen molar-refractivity contribution in [3.63, 3.8) is 0 Å². The van der Waals surface area contributed by atoms with Gasteiger partial charge in [0.1, 0.15) is 6.07 Å². The summed E-state index contributed by atoms with van der Waals surface area (Å²) in [5, 5.41) is 23.9. The van der Waals surface area contributed by atoms with Crippen molar-refractivity contribution in [2.45, 2.75) is 20.1 Å². The molecular formula is C21H18N4O. The van der Waals surface area contributed by atoms with E-state index in [1.807, 2.05) is 62.4 Å². The Kier molecular flexibility index (Phi) is 3.83. The Morgan fingerprint density at radius 3 is 2.77 bits per heavy atom. The Morgan fingerprint density at radius 1 is 1.19 bits per heavy atom. The van der Waals surface area contributed by atoms with Crippen molar-refractivity contribution in [1.29, 1.82) is 5.26 Å². The summed E-state index contributed by atoms with van der Waals surface area (Å²) < 4.78 is 1.71. The van der Waals surface area contributed by atoms with Gasteiger partial charge in [0.25, 0.3) is 0 Å². The minimum absolute atomic E-state index is 0.476. The molecule has 1 aliphatic rings. The summed E-state index contributed by atoms with van der Waals surface area (Å²) in [6.07, 6.45) is 0.857. The van der Waals surface area contributed by atoms with Crippen LogP contribution in [0.25, 0.3) is 16.6 Å². The van der Waals surface area contributed by atoms with Crippen LogP contribution in [0.15, 0.2) is 65.9 Å². The third-order valence-electron chi connectivity index (χ3n) is 4.67. The van der Waals surface area contributed by atoms with Gasteiger partial charge >= 0.3 is 0 Å². The maximum absolute atomic E-state index is 11.0. The molecule has 1 unspecified atom stereocenters. The number of hydrogen-bond donors (Lipinski definition) is 2. The van der Waals surface area contributed by atoms with Crippen LogP contribution >= 0.6 is 0 Å². The third kappa shape index (κ3) is 2.48. The number of aromatic nitrogens is 2. The largest absolute Gasteiger partial charge is 0.369 e. The van der Waals surface area contributed by atoms with E-state index < -0.39 is 6.23 Å². The second-order valence-corrected chi connectivity index (χ2v) is 6.39. The van der Waals surface area contributed by atoms with Crippen LogP contribution in [-0.4, -0.2) is 14.7 Å². The number of aliphatic hydroxyl groups is 1. The van der Waals surface area contributed by atoms with Crippen LogP contribution < -0.4 is 5.32 Å². The Labute approximate surface area is 151 Å². The molecule has 2 heterocycles. The predicted octanol–water partition coefficient (Wildman–Crippen LogP) is 4.14. The van der Waals surface area contributed by atoms with Crippen LogP contribution in [0.4, 0.5) is 5.69 Å². The number of hydrogen-bond acceptors (Lipinski definition) is 4. The van der Waals surface area contributed by atoms with E-state index in [1.165, 1.54) is 0 Å². The Balaban J connectivity index is 1.84. The topological polar surface area (TPSA) is 73.9 Å². The quantitative estimate of drug-likeness (QED) is 0.734. The van der Waals surface area contributed by atoms with E-state index in [0.29, 0.717) is 17.0 Å². The van der Waals surface area contributed by atoms with Gasteiger partial charge in [0, 0.05) is 17.5 Å². The lowest BCUT2D eigenvalue weighted by atomic mass is 9.97. The molecule has 2 N–H and O–H groups in total. The summed E-state index contributed by atoms with van der Waals surface area (Å²) in [6.45, 7) is 3.87. The second-order valence-electron chi connectivity index (χ2n) is 6.39. The molecule has 26 heavy (non-hydrogen) atoms. The lowest BCUT2D eigenvalue weighted by Crippen LogP contribution is -2.20. The highest BCUT2D eigenvalue weighted by Gasteiger charge is 2.30. The molecule has 5 heteroatoms. The van der Waals surface area contributed by atoms with Crippen LogP contribution in [0.5, 0.6) is 0 Å². The number of nitrogens with zero attached hydrogens (tertiary/aromatic N) is 3. The zero-order chi connectivity index (χ0) is 18.3. The molecule has 0 bridgehead atoms. The van der Waals surface area contributed by atoms with Crippen molar-refractivity contribution >= 4 is 22.3 Å². The number of allylic oxidation sites excluding steroid dienone is 1. The van der Waals surface area contributed by atoms with Gasteiger partial charge in [0.05, 0.1) is 16.6 Å². The Hall–Kier alpha value is -3.36. The van der Waals surface area contributed by atoms with Crippen LogP contribution in [0.1, 0.15) is 24.5 Å². The first-order valence-corrected chi connectivity index (χ1v) is 8.40. The first-order valence-electron chi connectivity index (χ1n) is 8.40. The van der Waals surface area contributed by atoms with Crippen LogP contribution in [0.2, 0.25) is 0 Å². The fourth-order valence-electron chi connectivity index (χ4n) is 3.33. The highest BCUT2D eigenvalue weighted by Crippen LogP contribution is 2.38. The van der Waals surface area contributed by atoms with Crippen LogP contribution in [0, 0.1) is 18.3 Å². The zero-order valence-corrected chi connectivity index (χ0v) is 14.6. The van der Waals surface area contributed by atoms with Crippen molar-refractivity contribution in [2.24, 2.45) is 0 Å². The molecule has 3 aromatic rings. The van der Waals surface area contributed by atoms with Gasteiger partial charge in [-0.1, -0.05) is 24.3 Å². The maximum Gasteiger partial charge on any atom is 0.160 e. The van der Waals surface area contributed by atoms with Crippen molar-refractivity contribution < 1.29 is 5.11 Å². The van der Waals surface area contributed by atoms with Gasteiger partial charge < -0.3 is 10.4 Å². The van der Waals surface area contributed by atoms with Crippen LogP contribution in [-0.2, 0) is 0 Å². The standard InChI is InChI=1S/C21H18N4O/c1-13-6-5-7-15(10-13)23-12-17-14(2)16(11-22)20-24-18-8-3-4-9-19(18)25(20)21(17)26/h3-10,12,21,23,26H,1-2H3. The van der Waals surface area contributed by atoms with Gasteiger partial charge in [-0.3, -0.25) is 4.57 Å². The minimum Gasteiger partial charge on any atom is -0.369 e. The monoisotopic (exact) mass is 342 g/mol. The molecule has 0 spiro atoms. The molecule has 0 aliphatic carbocycles. The number of nitrogens with one attached hydrogen (secondary N) is 1. The number of anilines is 1. The van der Waals surface area contributed by atoms with Gasteiger partial charge in [0.2, 0.25) is 0 Å². The van der Waals surface area contributed by atoms with Crippen molar-refractivity contribution in [3.8, 4) is 6.07 Å². The van der Waals surface area contributed by atoms with E-state index in [4.69, 9.17) is 0 Å². The molecule has 0 saturated heterocycles. The summed E-state index contributed by atoms with van der Waals surface area (Å²) in [7, 11) is 0. The predicted molar refractivity (Wildman–Crippen MR) is 102 cm³/mol. The van der Waals surface area contributed by atoms with E-state index in [2.05, 4.69) is 16.4 Å². The minimum atomic E-state index is -0.910. The Morgan fingerprint density at radius 2 is 2.00 bits per heavy atom. The smallest absolute Gasteiger partial charge is 0.160 e. The van der Waals surface area contributed by atoms with Gasteiger partial charge in [-0.2, -0.15) is 5.26 Å². The molecule has 4 rings (SSSR count). The molecule has 0 saturated carbocycles. The van der Waals surface area contributed by atoms with Gasteiger partial charge in [-0.25, -0.2) is 4.98 Å². The highest BCUT2D eigenvalue weighted by molar-refractivity contribution is 5.87. The molecule has 0 fully saturated rings. The Bertz CT molecular complexity index is 1110. The van der Waals surface area contributed by atoms with E-state index in [9.17, 15) is 10.4 Å². The molecule has 1 aliphatic heterocycles. The number of fused-ring (bicyclic) bond motifs is 3. The van der Waals surface area contributed by atoms with Gasteiger partial charge in [-0.15, -0.1) is 0 Å². The third-order valence-corrected chi connectivity index (χ3v) is 4.67. The normalized spacial score (nSPS) is 18.1. The van der Waals surface area contributed by atoms with Crippen LogP contribution in [0.3, 0.4) is 0 Å². The van der Waals surface area contributed by atoms with Crippen molar-refractivity contribution in [2.75, 3.05) is 5.32 Å². The number of para-hydroxylation sites is 2. The highest BCUT2D eigenvalue weighted by atomic mass is 16.3. The van der Waals surface area contributed by atoms with Crippen molar-refractivity contribution in [1.82, 2.24) is 9.55 Å². The van der Waals surface area contributed by atoms with E-state index >= 15 is 0 Å².